The van der Waals surface area contributed by atoms with Crippen molar-refractivity contribution in [3.63, 3.8) is 0 Å². The predicted octanol–water partition coefficient (Wildman–Crippen LogP) is 4.66. The second kappa shape index (κ2) is 7.93. The average molecular weight is 487 g/mol. The Bertz CT molecular complexity index is 1100. The number of benzene rings is 2. The highest BCUT2D eigenvalue weighted by molar-refractivity contribution is 14.1. The van der Waals surface area contributed by atoms with E-state index in [0.29, 0.717) is 22.6 Å². The molecule has 4 rings (SSSR count). The average Bonchev–Trinajstić information content (AvgIpc) is 3.33. The van der Waals surface area contributed by atoms with Crippen molar-refractivity contribution in [2.75, 3.05) is 0 Å². The van der Waals surface area contributed by atoms with Gasteiger partial charge in [0.25, 0.3) is 11.8 Å². The minimum absolute atomic E-state index is 0.122. The number of ether oxygens (including phenoxy) is 1. The largest absolute Gasteiger partial charge is 0.452 e. The normalized spacial score (nSPS) is 10.8. The lowest BCUT2D eigenvalue weighted by Gasteiger charge is -2.02. The van der Waals surface area contributed by atoms with E-state index in [-0.39, 0.29) is 18.4 Å². The van der Waals surface area contributed by atoms with Crippen LogP contribution in [0.15, 0.2) is 63.5 Å². The van der Waals surface area contributed by atoms with Gasteiger partial charge in [0, 0.05) is 9.13 Å². The van der Waals surface area contributed by atoms with Crippen LogP contribution in [0, 0.1) is 10.5 Å². The number of carbonyl (C=O) groups excluding carboxylic acids is 1. The van der Waals surface area contributed by atoms with Crippen molar-refractivity contribution in [2.45, 2.75) is 13.5 Å². The van der Waals surface area contributed by atoms with Gasteiger partial charge >= 0.3 is 5.97 Å². The second-order valence-corrected chi connectivity index (χ2v) is 7.16. The number of esters is 1. The van der Waals surface area contributed by atoms with Gasteiger partial charge in [0.05, 0.1) is 5.56 Å². The zero-order valence-electron chi connectivity index (χ0n) is 14.8. The number of carbonyl (C=O) groups is 1. The molecule has 0 amide bonds. The molecule has 0 aliphatic carbocycles. The van der Waals surface area contributed by atoms with Gasteiger partial charge in [-0.3, -0.25) is 0 Å². The minimum atomic E-state index is -0.456. The van der Waals surface area contributed by atoms with E-state index in [1.165, 1.54) is 0 Å². The summed E-state index contributed by atoms with van der Waals surface area (Å²) in [5.41, 5.74) is 2.57. The summed E-state index contributed by atoms with van der Waals surface area (Å²) in [6, 6.07) is 16.7. The fourth-order valence-electron chi connectivity index (χ4n) is 2.63. The first kappa shape index (κ1) is 18.4. The number of nitrogens with zero attached hydrogens (tertiary/aromatic N) is 3. The zero-order chi connectivity index (χ0) is 19.5. The van der Waals surface area contributed by atoms with Gasteiger partial charge in [-0.05, 0) is 53.8 Å². The van der Waals surface area contributed by atoms with Crippen LogP contribution in [0.5, 0.6) is 0 Å². The van der Waals surface area contributed by atoms with Crippen molar-refractivity contribution in [2.24, 2.45) is 0 Å². The van der Waals surface area contributed by atoms with Crippen molar-refractivity contribution in [3.8, 4) is 22.7 Å². The summed E-state index contributed by atoms with van der Waals surface area (Å²) in [5.74, 6) is 0.554. The molecule has 0 saturated carbocycles. The van der Waals surface area contributed by atoms with Crippen LogP contribution >= 0.6 is 22.6 Å². The standard InChI is InChI=1S/C20H14IN3O4/c1-12-17(18(24-28-12)13-5-3-2-4-6-13)19-23-22-16(27-19)11-26-20(25)14-7-9-15(21)10-8-14/h2-10H,11H2,1H3. The topological polar surface area (TPSA) is 91.3 Å². The van der Waals surface area contributed by atoms with E-state index >= 15 is 0 Å². The van der Waals surface area contributed by atoms with Crippen LogP contribution in [-0.4, -0.2) is 21.3 Å². The van der Waals surface area contributed by atoms with E-state index in [4.69, 9.17) is 13.7 Å². The number of hydrogen-bond donors (Lipinski definition) is 0. The van der Waals surface area contributed by atoms with Gasteiger partial charge in [-0.2, -0.15) is 0 Å². The Balaban J connectivity index is 1.52. The molecule has 2 heterocycles. The van der Waals surface area contributed by atoms with E-state index in [9.17, 15) is 4.79 Å². The highest BCUT2D eigenvalue weighted by Crippen LogP contribution is 2.33. The van der Waals surface area contributed by atoms with Crippen LogP contribution in [0.3, 0.4) is 0 Å². The Hall–Kier alpha value is -3.01. The third kappa shape index (κ3) is 3.81. The third-order valence-electron chi connectivity index (χ3n) is 4.00. The first-order chi connectivity index (χ1) is 13.6. The lowest BCUT2D eigenvalue weighted by Crippen LogP contribution is -2.05. The highest BCUT2D eigenvalue weighted by Gasteiger charge is 2.22. The Kier molecular flexibility index (Phi) is 5.20. The van der Waals surface area contributed by atoms with Crippen LogP contribution < -0.4 is 0 Å². The molecule has 2 aromatic heterocycles. The predicted molar refractivity (Wildman–Crippen MR) is 108 cm³/mol. The summed E-state index contributed by atoms with van der Waals surface area (Å²) in [6.07, 6.45) is 0. The molecule has 0 saturated heterocycles. The van der Waals surface area contributed by atoms with E-state index in [2.05, 4.69) is 37.9 Å². The SMILES string of the molecule is Cc1onc(-c2ccccc2)c1-c1nnc(COC(=O)c2ccc(I)cc2)o1. The molecule has 0 unspecified atom stereocenters. The fraction of sp³-hybridized carbons (Fsp3) is 0.100. The van der Waals surface area contributed by atoms with E-state index in [0.717, 1.165) is 9.13 Å². The molecule has 0 N–H and O–H groups in total. The summed E-state index contributed by atoms with van der Waals surface area (Å²) in [5, 5.41) is 12.1. The maximum atomic E-state index is 12.1. The van der Waals surface area contributed by atoms with E-state index in [1.807, 2.05) is 42.5 Å². The number of aromatic nitrogens is 3. The van der Waals surface area contributed by atoms with Crippen molar-refractivity contribution in [3.05, 3.63) is 75.4 Å². The van der Waals surface area contributed by atoms with Crippen molar-refractivity contribution in [1.29, 1.82) is 0 Å². The zero-order valence-corrected chi connectivity index (χ0v) is 16.9. The Labute approximate surface area is 173 Å². The molecule has 0 spiro atoms. The molecule has 140 valence electrons. The number of rotatable bonds is 5. The smallest absolute Gasteiger partial charge is 0.338 e. The molecular weight excluding hydrogens is 473 g/mol. The van der Waals surface area contributed by atoms with Crippen molar-refractivity contribution < 1.29 is 18.5 Å². The molecule has 0 bridgehead atoms. The molecule has 0 fully saturated rings. The maximum absolute atomic E-state index is 12.1. The summed E-state index contributed by atoms with van der Waals surface area (Å²) >= 11 is 2.17. The lowest BCUT2D eigenvalue weighted by atomic mass is 10.1. The van der Waals surface area contributed by atoms with Gasteiger partial charge in [-0.25, -0.2) is 4.79 Å². The maximum Gasteiger partial charge on any atom is 0.338 e. The first-order valence-electron chi connectivity index (χ1n) is 8.39. The fourth-order valence-corrected chi connectivity index (χ4v) is 2.99. The molecule has 0 aliphatic rings. The van der Waals surface area contributed by atoms with Crippen molar-refractivity contribution >= 4 is 28.6 Å². The highest BCUT2D eigenvalue weighted by atomic mass is 127. The van der Waals surface area contributed by atoms with Crippen LogP contribution in [0.4, 0.5) is 0 Å². The van der Waals surface area contributed by atoms with Gasteiger partial charge in [-0.15, -0.1) is 10.2 Å². The van der Waals surface area contributed by atoms with Gasteiger partial charge in [0.15, 0.2) is 6.61 Å². The molecule has 0 radical (unpaired) electrons. The summed E-state index contributed by atoms with van der Waals surface area (Å²) in [7, 11) is 0. The number of aryl methyl sites for hydroxylation is 1. The quantitative estimate of drug-likeness (QED) is 0.299. The van der Waals surface area contributed by atoms with E-state index in [1.54, 1.807) is 19.1 Å². The van der Waals surface area contributed by atoms with Crippen LogP contribution in [0.1, 0.15) is 22.0 Å². The van der Waals surface area contributed by atoms with Crippen LogP contribution in [-0.2, 0) is 11.3 Å². The van der Waals surface area contributed by atoms with Gasteiger partial charge < -0.3 is 13.7 Å². The van der Waals surface area contributed by atoms with Crippen molar-refractivity contribution in [1.82, 2.24) is 15.4 Å². The molecule has 4 aromatic rings. The molecule has 0 aliphatic heterocycles. The molecule has 8 heteroatoms. The number of hydrogen-bond acceptors (Lipinski definition) is 7. The molecule has 2 aromatic carbocycles. The lowest BCUT2D eigenvalue weighted by molar-refractivity contribution is 0.0438. The first-order valence-corrected chi connectivity index (χ1v) is 9.47. The van der Waals surface area contributed by atoms with Gasteiger partial charge in [0.2, 0.25) is 0 Å². The summed E-state index contributed by atoms with van der Waals surface area (Å²) in [4.78, 5) is 12.1. The number of halogens is 1. The third-order valence-corrected chi connectivity index (χ3v) is 4.72. The second-order valence-electron chi connectivity index (χ2n) is 5.91. The van der Waals surface area contributed by atoms with Crippen LogP contribution in [0.25, 0.3) is 22.7 Å². The monoisotopic (exact) mass is 487 g/mol. The molecule has 28 heavy (non-hydrogen) atoms. The Morgan fingerprint density at radius 3 is 2.57 bits per heavy atom. The molecule has 0 atom stereocenters. The van der Waals surface area contributed by atoms with Crippen LogP contribution in [0.2, 0.25) is 0 Å². The van der Waals surface area contributed by atoms with Gasteiger partial charge in [0.1, 0.15) is 17.0 Å². The van der Waals surface area contributed by atoms with E-state index < -0.39 is 5.97 Å². The summed E-state index contributed by atoms with van der Waals surface area (Å²) in [6.45, 7) is 1.65. The Morgan fingerprint density at radius 2 is 1.82 bits per heavy atom. The Morgan fingerprint density at radius 1 is 1.07 bits per heavy atom. The molecular formula is C20H14IN3O4. The summed E-state index contributed by atoms with van der Waals surface area (Å²) < 4.78 is 17.3. The molecule has 7 nitrogen and oxygen atoms in total. The van der Waals surface area contributed by atoms with Gasteiger partial charge in [-0.1, -0.05) is 35.5 Å². The minimum Gasteiger partial charge on any atom is -0.452 e.